The Balaban J connectivity index is 1.61. The Morgan fingerprint density at radius 3 is 3.25 bits per heavy atom. The van der Waals surface area contributed by atoms with Crippen LogP contribution in [0.1, 0.15) is 23.4 Å². The molecule has 1 amide bonds. The summed E-state index contributed by atoms with van der Waals surface area (Å²) in [5, 5.41) is 4.15. The van der Waals surface area contributed by atoms with Crippen molar-refractivity contribution >= 4 is 11.6 Å². The number of hydrogen-bond acceptors (Lipinski definition) is 3. The second-order valence-electron chi connectivity index (χ2n) is 4.16. The molecule has 1 N–H and O–H groups in total. The van der Waals surface area contributed by atoms with Crippen LogP contribution in [0.5, 0.6) is 0 Å². The number of fused-ring (bicyclic) bond motifs is 1. The molecule has 2 atom stereocenters. The van der Waals surface area contributed by atoms with Crippen LogP contribution >= 0.6 is 0 Å². The quantitative estimate of drug-likeness (QED) is 0.607. The Morgan fingerprint density at radius 2 is 2.50 bits per heavy atom. The molecule has 0 radical (unpaired) electrons. The van der Waals surface area contributed by atoms with Crippen LogP contribution in [0.2, 0.25) is 0 Å². The van der Waals surface area contributed by atoms with Gasteiger partial charge in [-0.05, 0) is 30.9 Å². The van der Waals surface area contributed by atoms with Crippen LogP contribution < -0.4 is 5.43 Å². The number of carbonyl (C=O) groups excluding carboxylic acids is 1. The van der Waals surface area contributed by atoms with Gasteiger partial charge in [0.05, 0.1) is 6.26 Å². The molecule has 4 heteroatoms. The van der Waals surface area contributed by atoms with E-state index in [2.05, 4.69) is 22.7 Å². The largest absolute Gasteiger partial charge is 0.459 e. The molecule has 1 aromatic heterocycles. The summed E-state index contributed by atoms with van der Waals surface area (Å²) in [6.45, 7) is 0. The third kappa shape index (κ3) is 1.46. The summed E-state index contributed by atoms with van der Waals surface area (Å²) in [6.07, 6.45) is 7.92. The van der Waals surface area contributed by atoms with E-state index in [-0.39, 0.29) is 5.91 Å². The smallest absolute Gasteiger partial charge is 0.307 e. The van der Waals surface area contributed by atoms with Crippen molar-refractivity contribution in [1.82, 2.24) is 5.43 Å². The first-order valence-corrected chi connectivity index (χ1v) is 5.41. The van der Waals surface area contributed by atoms with Crippen molar-refractivity contribution in [3.63, 3.8) is 0 Å². The number of nitrogens with one attached hydrogen (secondary N) is 1. The van der Waals surface area contributed by atoms with Crippen LogP contribution in [0.15, 0.2) is 40.1 Å². The second kappa shape index (κ2) is 3.63. The molecular weight excluding hydrogens is 204 g/mol. The fraction of sp³-hybridized carbons (Fsp3) is 0.333. The minimum Gasteiger partial charge on any atom is -0.459 e. The summed E-state index contributed by atoms with van der Waals surface area (Å²) in [4.78, 5) is 11.5. The van der Waals surface area contributed by atoms with Gasteiger partial charge in [0.15, 0.2) is 5.76 Å². The van der Waals surface area contributed by atoms with Crippen molar-refractivity contribution in [2.45, 2.75) is 12.8 Å². The Labute approximate surface area is 93.0 Å². The van der Waals surface area contributed by atoms with Gasteiger partial charge in [0.2, 0.25) is 0 Å². The second-order valence-corrected chi connectivity index (χ2v) is 4.16. The third-order valence-corrected chi connectivity index (χ3v) is 3.21. The first-order chi connectivity index (χ1) is 7.84. The normalized spacial score (nSPS) is 28.9. The van der Waals surface area contributed by atoms with E-state index in [0.717, 1.165) is 18.6 Å². The zero-order chi connectivity index (χ0) is 11.0. The molecular formula is C12H12N2O2. The van der Waals surface area contributed by atoms with Gasteiger partial charge in [-0.1, -0.05) is 12.2 Å². The highest BCUT2D eigenvalue weighted by atomic mass is 16.3. The summed E-state index contributed by atoms with van der Waals surface area (Å²) in [5.74, 6) is 1.19. The molecule has 0 aromatic carbocycles. The van der Waals surface area contributed by atoms with Gasteiger partial charge in [0.1, 0.15) is 0 Å². The van der Waals surface area contributed by atoms with Gasteiger partial charge in [0, 0.05) is 11.6 Å². The molecule has 0 bridgehead atoms. The number of hydrogen-bond donors (Lipinski definition) is 1. The maximum atomic E-state index is 11.5. The fourth-order valence-corrected chi connectivity index (χ4v) is 2.25. The highest BCUT2D eigenvalue weighted by Crippen LogP contribution is 2.39. The van der Waals surface area contributed by atoms with E-state index in [1.165, 1.54) is 6.26 Å². The number of carbonyl (C=O) groups is 1. The average Bonchev–Trinajstić information content (AvgIpc) is 2.88. The SMILES string of the molecule is O=C(N/N=C1/CC2C=CCC12)c1ccco1. The first-order valence-electron chi connectivity index (χ1n) is 5.41. The number of allylic oxidation sites excluding steroid dienone is 2. The average molecular weight is 216 g/mol. The zero-order valence-electron chi connectivity index (χ0n) is 8.72. The van der Waals surface area contributed by atoms with Gasteiger partial charge >= 0.3 is 5.91 Å². The lowest BCUT2D eigenvalue weighted by molar-refractivity contribution is 0.0926. The zero-order valence-corrected chi connectivity index (χ0v) is 8.72. The molecule has 0 aliphatic heterocycles. The Morgan fingerprint density at radius 1 is 1.56 bits per heavy atom. The van der Waals surface area contributed by atoms with Crippen molar-refractivity contribution in [1.29, 1.82) is 0 Å². The molecule has 2 aliphatic rings. The van der Waals surface area contributed by atoms with E-state index in [1.54, 1.807) is 12.1 Å². The predicted molar refractivity (Wildman–Crippen MR) is 59.0 cm³/mol. The Hall–Kier alpha value is -1.84. The van der Waals surface area contributed by atoms with Crippen LogP contribution in [-0.4, -0.2) is 11.6 Å². The number of amides is 1. The molecule has 1 fully saturated rings. The highest BCUT2D eigenvalue weighted by Gasteiger charge is 2.38. The molecule has 0 saturated heterocycles. The van der Waals surface area contributed by atoms with Crippen molar-refractivity contribution in [3.05, 3.63) is 36.3 Å². The lowest BCUT2D eigenvalue weighted by Crippen LogP contribution is -2.35. The lowest BCUT2D eigenvalue weighted by Gasteiger charge is -2.31. The minimum absolute atomic E-state index is 0.285. The summed E-state index contributed by atoms with van der Waals surface area (Å²) in [6, 6.07) is 3.30. The van der Waals surface area contributed by atoms with E-state index < -0.39 is 0 Å². The van der Waals surface area contributed by atoms with Crippen LogP contribution in [0.4, 0.5) is 0 Å². The molecule has 2 unspecified atom stereocenters. The molecule has 82 valence electrons. The van der Waals surface area contributed by atoms with E-state index in [1.807, 2.05) is 0 Å². The van der Waals surface area contributed by atoms with Gasteiger partial charge in [-0.25, -0.2) is 5.43 Å². The topological polar surface area (TPSA) is 54.6 Å². The minimum atomic E-state index is -0.285. The molecule has 0 spiro atoms. The number of furan rings is 1. The van der Waals surface area contributed by atoms with E-state index in [4.69, 9.17) is 4.42 Å². The number of nitrogens with zero attached hydrogens (tertiary/aromatic N) is 1. The molecule has 4 nitrogen and oxygen atoms in total. The third-order valence-electron chi connectivity index (χ3n) is 3.21. The Kier molecular flexibility index (Phi) is 2.13. The van der Waals surface area contributed by atoms with Crippen molar-refractivity contribution in [3.8, 4) is 0 Å². The van der Waals surface area contributed by atoms with Crippen LogP contribution in [-0.2, 0) is 0 Å². The molecule has 1 heterocycles. The van der Waals surface area contributed by atoms with Crippen LogP contribution in [0.25, 0.3) is 0 Å². The molecule has 1 aromatic rings. The van der Waals surface area contributed by atoms with Crippen LogP contribution in [0.3, 0.4) is 0 Å². The number of rotatable bonds is 2. The van der Waals surface area contributed by atoms with Gasteiger partial charge in [-0.15, -0.1) is 0 Å². The van der Waals surface area contributed by atoms with Crippen molar-refractivity contribution in [2.24, 2.45) is 16.9 Å². The summed E-state index contributed by atoms with van der Waals surface area (Å²) in [7, 11) is 0. The highest BCUT2D eigenvalue weighted by molar-refractivity contribution is 5.96. The molecule has 3 rings (SSSR count). The molecule has 2 aliphatic carbocycles. The molecule has 1 saturated carbocycles. The van der Waals surface area contributed by atoms with Gasteiger partial charge < -0.3 is 4.42 Å². The van der Waals surface area contributed by atoms with E-state index in [0.29, 0.717) is 17.6 Å². The maximum absolute atomic E-state index is 11.5. The fourth-order valence-electron chi connectivity index (χ4n) is 2.25. The summed E-state index contributed by atoms with van der Waals surface area (Å²) < 4.78 is 4.97. The lowest BCUT2D eigenvalue weighted by atomic mass is 9.74. The van der Waals surface area contributed by atoms with E-state index >= 15 is 0 Å². The van der Waals surface area contributed by atoms with Crippen molar-refractivity contribution in [2.75, 3.05) is 0 Å². The first kappa shape index (κ1) is 9.39. The standard InChI is InChI=1S/C12H12N2O2/c15-12(11-5-2-6-16-11)14-13-10-7-8-3-1-4-9(8)10/h1-3,5-6,8-9H,4,7H2,(H,14,15)/b13-10-. The predicted octanol–water partition coefficient (Wildman–Crippen LogP) is 1.96. The molecule has 16 heavy (non-hydrogen) atoms. The Bertz CT molecular complexity index is 459. The summed E-state index contributed by atoms with van der Waals surface area (Å²) in [5.41, 5.74) is 3.62. The number of hydrazone groups is 1. The van der Waals surface area contributed by atoms with Gasteiger partial charge in [0.25, 0.3) is 0 Å². The van der Waals surface area contributed by atoms with Gasteiger partial charge in [-0.3, -0.25) is 4.79 Å². The monoisotopic (exact) mass is 216 g/mol. The maximum Gasteiger partial charge on any atom is 0.307 e. The van der Waals surface area contributed by atoms with Crippen LogP contribution in [0, 0.1) is 11.8 Å². The summed E-state index contributed by atoms with van der Waals surface area (Å²) >= 11 is 0. The van der Waals surface area contributed by atoms with Gasteiger partial charge in [-0.2, -0.15) is 5.10 Å². The van der Waals surface area contributed by atoms with E-state index in [9.17, 15) is 4.79 Å². The van der Waals surface area contributed by atoms with Crippen molar-refractivity contribution < 1.29 is 9.21 Å².